The van der Waals surface area contributed by atoms with Crippen molar-refractivity contribution in [3.63, 3.8) is 0 Å². The van der Waals surface area contributed by atoms with E-state index in [-0.39, 0.29) is 17.2 Å². The number of carbonyl (C=O) groups is 1. The van der Waals surface area contributed by atoms with Crippen LogP contribution in [0.3, 0.4) is 0 Å². The maximum Gasteiger partial charge on any atom is 0.233 e. The Morgan fingerprint density at radius 3 is 2.75 bits per heavy atom. The average Bonchev–Trinajstić information content (AvgIpc) is 2.66. The van der Waals surface area contributed by atoms with E-state index in [9.17, 15) is 4.79 Å². The third kappa shape index (κ3) is 3.19. The van der Waals surface area contributed by atoms with Crippen LogP contribution < -0.4 is 5.32 Å². The van der Waals surface area contributed by atoms with Crippen LogP contribution in [0.15, 0.2) is 5.16 Å². The molecule has 1 amide bonds. The Kier molecular flexibility index (Phi) is 4.72. The molecule has 1 rings (SSSR count). The van der Waals surface area contributed by atoms with Gasteiger partial charge in [-0.2, -0.15) is 0 Å². The number of amides is 1. The Morgan fingerprint density at radius 1 is 1.50 bits per heavy atom. The molecule has 0 saturated heterocycles. The van der Waals surface area contributed by atoms with Gasteiger partial charge in [-0.3, -0.25) is 4.79 Å². The molecule has 7 heteroatoms. The van der Waals surface area contributed by atoms with E-state index in [0.29, 0.717) is 11.7 Å². The van der Waals surface area contributed by atoms with Gasteiger partial charge in [0.1, 0.15) is 0 Å². The maximum atomic E-state index is 11.5. The molecule has 6 nitrogen and oxygen atoms in total. The molecular formula is C9H17N5OS. The van der Waals surface area contributed by atoms with Crippen LogP contribution >= 0.6 is 11.8 Å². The fourth-order valence-corrected chi connectivity index (χ4v) is 2.06. The molecule has 16 heavy (non-hydrogen) atoms. The van der Waals surface area contributed by atoms with Crippen LogP contribution in [0.1, 0.15) is 33.7 Å². The Bertz CT molecular complexity index is 351. The fraction of sp³-hybridized carbons (Fsp3) is 0.778. The topological polar surface area (TPSA) is 72.7 Å². The van der Waals surface area contributed by atoms with Crippen LogP contribution in [-0.4, -0.2) is 37.9 Å². The molecule has 1 aromatic rings. The summed E-state index contributed by atoms with van der Waals surface area (Å²) >= 11 is 1.37. The van der Waals surface area contributed by atoms with Gasteiger partial charge in [0.05, 0.1) is 11.3 Å². The first-order chi connectivity index (χ1) is 7.56. The van der Waals surface area contributed by atoms with Crippen molar-refractivity contribution in [2.75, 3.05) is 6.54 Å². The van der Waals surface area contributed by atoms with Crippen LogP contribution in [0.4, 0.5) is 0 Å². The van der Waals surface area contributed by atoms with Crippen molar-refractivity contribution in [2.45, 2.75) is 44.1 Å². The Morgan fingerprint density at radius 2 is 2.19 bits per heavy atom. The molecule has 1 N–H and O–H groups in total. The lowest BCUT2D eigenvalue weighted by atomic mass is 10.4. The lowest BCUT2D eigenvalue weighted by molar-refractivity contribution is -0.120. The van der Waals surface area contributed by atoms with Gasteiger partial charge in [-0.25, -0.2) is 4.68 Å². The minimum atomic E-state index is -0.191. The standard InChI is InChI=1S/C9H17N5OS/c1-5-10-8(15)7(4)16-9-11-12-13-14(9)6(2)3/h6-7H,5H2,1-4H3,(H,10,15). The van der Waals surface area contributed by atoms with Gasteiger partial charge >= 0.3 is 0 Å². The first-order valence-corrected chi connectivity index (χ1v) is 6.16. The second-order valence-electron chi connectivity index (χ2n) is 3.65. The summed E-state index contributed by atoms with van der Waals surface area (Å²) in [6.45, 7) is 8.37. The predicted octanol–water partition coefficient (Wildman–Crippen LogP) is 0.871. The molecule has 0 spiro atoms. The highest BCUT2D eigenvalue weighted by Crippen LogP contribution is 2.22. The Hall–Kier alpha value is -1.11. The average molecular weight is 243 g/mol. The van der Waals surface area contributed by atoms with Crippen molar-refractivity contribution in [2.24, 2.45) is 0 Å². The van der Waals surface area contributed by atoms with Gasteiger partial charge in [-0.05, 0) is 38.1 Å². The Balaban J connectivity index is 2.65. The van der Waals surface area contributed by atoms with Gasteiger partial charge in [0.15, 0.2) is 0 Å². The van der Waals surface area contributed by atoms with Crippen LogP contribution in [0.2, 0.25) is 0 Å². The van der Waals surface area contributed by atoms with E-state index in [1.54, 1.807) is 4.68 Å². The fourth-order valence-electron chi connectivity index (χ4n) is 1.12. The van der Waals surface area contributed by atoms with E-state index in [1.165, 1.54) is 11.8 Å². The second-order valence-corrected chi connectivity index (χ2v) is 4.96. The number of tetrazole rings is 1. The molecule has 1 atom stereocenters. The summed E-state index contributed by atoms with van der Waals surface area (Å²) in [6.07, 6.45) is 0. The smallest absolute Gasteiger partial charge is 0.233 e. The molecule has 0 fully saturated rings. The zero-order valence-corrected chi connectivity index (χ0v) is 10.8. The first-order valence-electron chi connectivity index (χ1n) is 5.28. The molecule has 1 heterocycles. The molecule has 0 bridgehead atoms. The normalized spacial score (nSPS) is 12.8. The van der Waals surface area contributed by atoms with E-state index in [2.05, 4.69) is 20.8 Å². The lowest BCUT2D eigenvalue weighted by Crippen LogP contribution is -2.30. The molecule has 0 aromatic carbocycles. The summed E-state index contributed by atoms with van der Waals surface area (Å²) in [7, 11) is 0. The number of aromatic nitrogens is 4. The molecule has 0 aliphatic rings. The lowest BCUT2D eigenvalue weighted by Gasteiger charge is -2.11. The van der Waals surface area contributed by atoms with Crippen LogP contribution in [0.25, 0.3) is 0 Å². The summed E-state index contributed by atoms with van der Waals surface area (Å²) in [4.78, 5) is 11.5. The number of thioether (sulfide) groups is 1. The van der Waals surface area contributed by atoms with Crippen LogP contribution in [0.5, 0.6) is 0 Å². The van der Waals surface area contributed by atoms with Gasteiger partial charge in [0, 0.05) is 6.54 Å². The monoisotopic (exact) mass is 243 g/mol. The number of nitrogens with one attached hydrogen (secondary N) is 1. The quantitative estimate of drug-likeness (QED) is 0.777. The highest BCUT2D eigenvalue weighted by molar-refractivity contribution is 8.00. The predicted molar refractivity (Wildman–Crippen MR) is 62.2 cm³/mol. The third-order valence-electron chi connectivity index (χ3n) is 1.95. The van der Waals surface area contributed by atoms with E-state index in [1.807, 2.05) is 27.7 Å². The molecule has 0 aliphatic heterocycles. The zero-order valence-electron chi connectivity index (χ0n) is 9.97. The van der Waals surface area contributed by atoms with Crippen molar-refractivity contribution in [1.82, 2.24) is 25.5 Å². The van der Waals surface area contributed by atoms with Crippen LogP contribution in [0, 0.1) is 0 Å². The molecule has 0 saturated carbocycles. The van der Waals surface area contributed by atoms with Crippen molar-refractivity contribution in [3.8, 4) is 0 Å². The van der Waals surface area contributed by atoms with E-state index in [4.69, 9.17) is 0 Å². The maximum absolute atomic E-state index is 11.5. The van der Waals surface area contributed by atoms with Gasteiger partial charge in [0.2, 0.25) is 11.1 Å². The SMILES string of the molecule is CCNC(=O)C(C)Sc1nnnn1C(C)C. The number of nitrogens with zero attached hydrogens (tertiary/aromatic N) is 4. The highest BCUT2D eigenvalue weighted by Gasteiger charge is 2.18. The number of hydrogen-bond donors (Lipinski definition) is 1. The van der Waals surface area contributed by atoms with Crippen molar-refractivity contribution < 1.29 is 4.79 Å². The number of carbonyl (C=O) groups excluding carboxylic acids is 1. The van der Waals surface area contributed by atoms with Crippen LogP contribution in [-0.2, 0) is 4.79 Å². The Labute approximate surface area is 99.2 Å². The largest absolute Gasteiger partial charge is 0.355 e. The zero-order chi connectivity index (χ0) is 12.1. The van der Waals surface area contributed by atoms with Gasteiger partial charge < -0.3 is 5.32 Å². The molecule has 1 unspecified atom stereocenters. The minimum absolute atomic E-state index is 0.00538. The summed E-state index contributed by atoms with van der Waals surface area (Å²) in [5.74, 6) is 0.00538. The summed E-state index contributed by atoms with van der Waals surface area (Å²) < 4.78 is 1.71. The molecule has 90 valence electrons. The van der Waals surface area contributed by atoms with Gasteiger partial charge in [0.25, 0.3) is 0 Å². The molecule has 0 aliphatic carbocycles. The van der Waals surface area contributed by atoms with Crippen molar-refractivity contribution in [1.29, 1.82) is 0 Å². The van der Waals surface area contributed by atoms with Crippen molar-refractivity contribution >= 4 is 17.7 Å². The second kappa shape index (κ2) is 5.83. The number of hydrogen-bond acceptors (Lipinski definition) is 5. The molecular weight excluding hydrogens is 226 g/mol. The van der Waals surface area contributed by atoms with E-state index >= 15 is 0 Å². The summed E-state index contributed by atoms with van der Waals surface area (Å²) in [5, 5.41) is 14.6. The van der Waals surface area contributed by atoms with E-state index < -0.39 is 0 Å². The van der Waals surface area contributed by atoms with E-state index in [0.717, 1.165) is 0 Å². The van der Waals surface area contributed by atoms with Crippen molar-refractivity contribution in [3.05, 3.63) is 0 Å². The van der Waals surface area contributed by atoms with Gasteiger partial charge in [-0.15, -0.1) is 5.10 Å². The molecule has 0 radical (unpaired) electrons. The minimum Gasteiger partial charge on any atom is -0.355 e. The number of rotatable bonds is 5. The van der Waals surface area contributed by atoms with Gasteiger partial charge in [-0.1, -0.05) is 11.8 Å². The third-order valence-corrected chi connectivity index (χ3v) is 3.00. The first kappa shape index (κ1) is 13.0. The molecule has 1 aromatic heterocycles. The summed E-state index contributed by atoms with van der Waals surface area (Å²) in [6, 6.07) is 0.193. The summed E-state index contributed by atoms with van der Waals surface area (Å²) in [5.41, 5.74) is 0. The highest BCUT2D eigenvalue weighted by atomic mass is 32.2.